The Morgan fingerprint density at radius 1 is 1.18 bits per heavy atom. The Balaban J connectivity index is 1.79. The molecule has 0 aliphatic heterocycles. The first-order valence-corrected chi connectivity index (χ1v) is 11.0. The van der Waals surface area contributed by atoms with Crippen LogP contribution >= 0.6 is 22.9 Å². The van der Waals surface area contributed by atoms with Gasteiger partial charge in [0.05, 0.1) is 11.8 Å². The van der Waals surface area contributed by atoms with E-state index in [1.807, 2.05) is 0 Å². The second-order valence-corrected chi connectivity index (χ2v) is 8.32. The number of benzene rings is 1. The molecule has 0 saturated carbocycles. The van der Waals surface area contributed by atoms with E-state index in [4.69, 9.17) is 16.3 Å². The van der Waals surface area contributed by atoms with Crippen LogP contribution in [0.5, 0.6) is 11.5 Å². The maximum atomic E-state index is 13.0. The molecule has 3 aromatic rings. The van der Waals surface area contributed by atoms with Crippen molar-refractivity contribution in [2.24, 2.45) is 0 Å². The molecule has 1 aromatic carbocycles. The van der Waals surface area contributed by atoms with Gasteiger partial charge in [-0.25, -0.2) is 9.97 Å². The third-order valence-electron chi connectivity index (χ3n) is 4.42. The fourth-order valence-electron chi connectivity index (χ4n) is 2.87. The van der Waals surface area contributed by atoms with E-state index in [2.05, 4.69) is 15.3 Å². The molecule has 0 bridgehead atoms. The van der Waals surface area contributed by atoms with Crippen LogP contribution in [0.2, 0.25) is 0 Å². The van der Waals surface area contributed by atoms with Crippen LogP contribution in [0.3, 0.4) is 0 Å². The number of aryl methyl sites for hydroxylation is 1. The zero-order valence-corrected chi connectivity index (χ0v) is 18.9. The van der Waals surface area contributed by atoms with Crippen molar-refractivity contribution in [3.63, 3.8) is 0 Å². The van der Waals surface area contributed by atoms with Crippen molar-refractivity contribution in [2.75, 3.05) is 5.88 Å². The molecule has 34 heavy (non-hydrogen) atoms. The summed E-state index contributed by atoms with van der Waals surface area (Å²) < 4.78 is 82.9. The van der Waals surface area contributed by atoms with Crippen LogP contribution in [0.4, 0.5) is 26.3 Å². The van der Waals surface area contributed by atoms with E-state index in [0.717, 1.165) is 30.5 Å². The number of nitrogens with zero attached hydrogens (tertiary/aromatic N) is 2. The van der Waals surface area contributed by atoms with Crippen LogP contribution < -0.4 is 10.1 Å². The Bertz CT molecular complexity index is 1170. The van der Waals surface area contributed by atoms with Crippen molar-refractivity contribution in [2.45, 2.75) is 31.7 Å². The maximum absolute atomic E-state index is 13.0. The molecule has 1 atom stereocenters. The van der Waals surface area contributed by atoms with Gasteiger partial charge in [-0.05, 0) is 48.6 Å². The minimum atomic E-state index is -4.59. The number of carbonyl (C=O) groups is 1. The van der Waals surface area contributed by atoms with Crippen LogP contribution in [-0.2, 0) is 18.8 Å². The number of nitrogens with one attached hydrogen (secondary N) is 1. The van der Waals surface area contributed by atoms with Crippen LogP contribution in [0.15, 0.2) is 41.9 Å². The van der Waals surface area contributed by atoms with E-state index in [1.165, 1.54) is 18.4 Å². The molecule has 0 aliphatic rings. The number of thiophene rings is 1. The number of rotatable bonds is 7. The Hall–Kier alpha value is -2.86. The summed E-state index contributed by atoms with van der Waals surface area (Å²) in [4.78, 5) is 20.0. The fourth-order valence-corrected chi connectivity index (χ4v) is 3.85. The molecule has 0 unspecified atom stereocenters. The van der Waals surface area contributed by atoms with Crippen LogP contribution in [-0.4, -0.2) is 27.8 Å². The number of ether oxygens (including phenoxy) is 1. The van der Waals surface area contributed by atoms with Crippen molar-refractivity contribution in [3.05, 3.63) is 69.4 Å². The summed E-state index contributed by atoms with van der Waals surface area (Å²) in [6.45, 7) is 1.49. The molecule has 0 saturated heterocycles. The molecule has 182 valence electrons. The third kappa shape index (κ3) is 6.60. The molecule has 0 aliphatic carbocycles. The highest BCUT2D eigenvalue weighted by Gasteiger charge is 2.33. The average molecular weight is 524 g/mol. The zero-order chi connectivity index (χ0) is 25.1. The molecule has 0 spiro atoms. The number of hydrogen-bond acceptors (Lipinski definition) is 5. The Labute approximate surface area is 198 Å². The molecule has 2 aromatic heterocycles. The number of amides is 1. The third-order valence-corrected chi connectivity index (χ3v) is 5.81. The molecule has 0 radical (unpaired) electrons. The number of halogens is 7. The van der Waals surface area contributed by atoms with Gasteiger partial charge in [0.1, 0.15) is 16.5 Å². The first-order chi connectivity index (χ1) is 15.9. The second-order valence-electron chi connectivity index (χ2n) is 7.10. The summed E-state index contributed by atoms with van der Waals surface area (Å²) in [6.07, 6.45) is -7.90. The lowest BCUT2D eigenvalue weighted by atomic mass is 10.1. The van der Waals surface area contributed by atoms with Gasteiger partial charge in [0.25, 0.3) is 5.91 Å². The van der Waals surface area contributed by atoms with Gasteiger partial charge in [0.2, 0.25) is 0 Å². The average Bonchev–Trinajstić information content (AvgIpc) is 3.23. The lowest BCUT2D eigenvalue weighted by Gasteiger charge is -2.17. The summed E-state index contributed by atoms with van der Waals surface area (Å²) in [5.74, 6) is -1.09. The van der Waals surface area contributed by atoms with Gasteiger partial charge in [-0.2, -0.15) is 26.3 Å². The molecule has 1 N–H and O–H groups in total. The first kappa shape index (κ1) is 25.8. The Kier molecular flexibility index (Phi) is 7.71. The van der Waals surface area contributed by atoms with Crippen molar-refractivity contribution < 1.29 is 35.9 Å². The fraction of sp³-hybridized carbons (Fsp3) is 0.286. The molecule has 0 fully saturated rings. The topological polar surface area (TPSA) is 64.1 Å². The predicted octanol–water partition coefficient (Wildman–Crippen LogP) is 6.26. The summed E-state index contributed by atoms with van der Waals surface area (Å²) in [5.41, 5.74) is -0.871. The quantitative estimate of drug-likeness (QED) is 0.293. The Morgan fingerprint density at radius 2 is 1.91 bits per heavy atom. The summed E-state index contributed by atoms with van der Waals surface area (Å²) in [7, 11) is 0. The zero-order valence-electron chi connectivity index (χ0n) is 17.3. The monoisotopic (exact) mass is 523 g/mol. The smallest absolute Gasteiger partial charge is 0.425 e. The van der Waals surface area contributed by atoms with Crippen molar-refractivity contribution >= 4 is 28.8 Å². The molecule has 2 heterocycles. The lowest BCUT2D eigenvalue weighted by molar-refractivity contribution is -0.137. The van der Waals surface area contributed by atoms with E-state index in [0.29, 0.717) is 16.9 Å². The van der Waals surface area contributed by atoms with Crippen molar-refractivity contribution in [1.29, 1.82) is 0 Å². The molecular weight excluding hydrogens is 508 g/mol. The van der Waals surface area contributed by atoms with Crippen LogP contribution in [0.25, 0.3) is 0 Å². The van der Waals surface area contributed by atoms with Gasteiger partial charge in [-0.1, -0.05) is 6.07 Å². The van der Waals surface area contributed by atoms with Crippen LogP contribution in [0.1, 0.15) is 32.3 Å². The van der Waals surface area contributed by atoms with E-state index < -0.39 is 34.7 Å². The number of carbonyl (C=O) groups excluding carboxylic acids is 1. The number of alkyl halides is 7. The summed E-state index contributed by atoms with van der Waals surface area (Å²) in [6, 6.07) is 4.28. The minimum Gasteiger partial charge on any atom is -0.453 e. The van der Waals surface area contributed by atoms with Gasteiger partial charge in [-0.3, -0.25) is 4.79 Å². The first-order valence-electron chi connectivity index (χ1n) is 9.57. The highest BCUT2D eigenvalue weighted by atomic mass is 35.5. The Morgan fingerprint density at radius 3 is 2.53 bits per heavy atom. The van der Waals surface area contributed by atoms with Crippen LogP contribution in [0, 0.1) is 6.92 Å². The summed E-state index contributed by atoms with van der Waals surface area (Å²) in [5, 5.41) is 3.90. The summed E-state index contributed by atoms with van der Waals surface area (Å²) >= 11 is 6.43. The molecule has 5 nitrogen and oxygen atoms in total. The standard InChI is InChI=1S/C21H16ClF6N3O2S/c1-11-29-9-16(33-15-4-2-3-13(7-15)20(23,24)25)18(30-11)19(32)31-14(8-22)5-12-6-17(34-10-12)21(26,27)28/h2-4,6-7,9-10,14H,5,8H2,1H3,(H,31,32)/t14-/m1/s1. The maximum Gasteiger partial charge on any atom is 0.425 e. The predicted molar refractivity (Wildman–Crippen MR) is 113 cm³/mol. The SMILES string of the molecule is Cc1ncc(Oc2cccc(C(F)(F)F)c2)c(C(=O)N[C@@H](CCl)Cc2csc(C(F)(F)F)c2)n1. The second kappa shape index (κ2) is 10.2. The number of hydrogen-bond donors (Lipinski definition) is 1. The van der Waals surface area contributed by atoms with Gasteiger partial charge in [-0.15, -0.1) is 22.9 Å². The van der Waals surface area contributed by atoms with E-state index in [-0.39, 0.29) is 35.3 Å². The van der Waals surface area contributed by atoms with Gasteiger partial charge >= 0.3 is 12.4 Å². The highest BCUT2D eigenvalue weighted by Crippen LogP contribution is 2.35. The highest BCUT2D eigenvalue weighted by molar-refractivity contribution is 7.10. The molecule has 3 rings (SSSR count). The molecular formula is C21H16ClF6N3O2S. The van der Waals surface area contributed by atoms with Crippen molar-refractivity contribution in [1.82, 2.24) is 15.3 Å². The van der Waals surface area contributed by atoms with E-state index in [9.17, 15) is 31.1 Å². The van der Waals surface area contributed by atoms with Gasteiger partial charge < -0.3 is 10.1 Å². The normalized spacial score (nSPS) is 12.9. The number of aromatic nitrogens is 2. The van der Waals surface area contributed by atoms with Gasteiger partial charge in [0.15, 0.2) is 11.4 Å². The van der Waals surface area contributed by atoms with E-state index >= 15 is 0 Å². The molecule has 13 heteroatoms. The lowest BCUT2D eigenvalue weighted by Crippen LogP contribution is -2.38. The largest absolute Gasteiger partial charge is 0.453 e. The van der Waals surface area contributed by atoms with Crippen molar-refractivity contribution in [3.8, 4) is 11.5 Å². The molecule has 1 amide bonds. The van der Waals surface area contributed by atoms with Gasteiger partial charge in [0, 0.05) is 11.9 Å². The van der Waals surface area contributed by atoms with E-state index in [1.54, 1.807) is 0 Å². The minimum absolute atomic E-state index is 0.0235.